The predicted molar refractivity (Wildman–Crippen MR) is 161 cm³/mol. The van der Waals surface area contributed by atoms with Crippen LogP contribution in [0.5, 0.6) is 0 Å². The Kier molecular flexibility index (Phi) is 14.2. The van der Waals surface area contributed by atoms with Crippen molar-refractivity contribution in [1.29, 1.82) is 0 Å². The summed E-state index contributed by atoms with van der Waals surface area (Å²) in [6.07, 6.45) is 4.49. The van der Waals surface area contributed by atoms with Gasteiger partial charge in [0.1, 0.15) is 6.61 Å². The average molecular weight is 595 g/mol. The fourth-order valence-electron chi connectivity index (χ4n) is 4.42. The Hall–Kier alpha value is -4.22. The van der Waals surface area contributed by atoms with Crippen LogP contribution in [0.15, 0.2) is 66.7 Å². The van der Waals surface area contributed by atoms with E-state index in [1.807, 2.05) is 30.3 Å². The van der Waals surface area contributed by atoms with E-state index in [0.717, 1.165) is 11.1 Å². The summed E-state index contributed by atoms with van der Waals surface area (Å²) >= 11 is 0. The van der Waals surface area contributed by atoms with Crippen molar-refractivity contribution in [1.82, 2.24) is 15.5 Å². The zero-order chi connectivity index (χ0) is 30.9. The van der Waals surface area contributed by atoms with E-state index in [-0.39, 0.29) is 31.4 Å². The number of esters is 1. The summed E-state index contributed by atoms with van der Waals surface area (Å²) in [7, 11) is 0. The first-order valence-electron chi connectivity index (χ1n) is 14.7. The number of carbonyl (C=O) groups is 4. The number of hydrogen-bond donors (Lipinski definition) is 3. The highest BCUT2D eigenvalue weighted by Gasteiger charge is 2.20. The van der Waals surface area contributed by atoms with Crippen molar-refractivity contribution < 1.29 is 33.4 Å². The summed E-state index contributed by atoms with van der Waals surface area (Å²) in [5.74, 6) is -0.914. The lowest BCUT2D eigenvalue weighted by Crippen LogP contribution is -2.46. The highest BCUT2D eigenvalue weighted by Crippen LogP contribution is 2.12. The van der Waals surface area contributed by atoms with Gasteiger partial charge in [-0.05, 0) is 55.9 Å². The first-order chi connectivity index (χ1) is 20.9. The molecule has 2 aromatic rings. The summed E-state index contributed by atoms with van der Waals surface area (Å²) in [4.78, 5) is 51.2. The van der Waals surface area contributed by atoms with Crippen LogP contribution in [-0.4, -0.2) is 80.3 Å². The number of rotatable bonds is 15. The molecule has 11 heteroatoms. The third-order valence-corrected chi connectivity index (χ3v) is 6.79. The fourth-order valence-corrected chi connectivity index (χ4v) is 4.42. The monoisotopic (exact) mass is 594 g/mol. The molecule has 1 fully saturated rings. The molecule has 0 spiro atoms. The third kappa shape index (κ3) is 12.3. The number of morpholine rings is 1. The molecule has 3 rings (SSSR count). The van der Waals surface area contributed by atoms with Gasteiger partial charge >= 0.3 is 12.1 Å². The number of nitrogens with one attached hydrogen (secondary N) is 2. The third-order valence-electron chi connectivity index (χ3n) is 6.79. The van der Waals surface area contributed by atoms with Crippen molar-refractivity contribution in [2.45, 2.75) is 51.3 Å². The average Bonchev–Trinajstić information content (AvgIpc) is 3.03. The molecule has 11 nitrogen and oxygen atoms in total. The quantitative estimate of drug-likeness (QED) is 0.162. The molecule has 0 aliphatic carbocycles. The lowest BCUT2D eigenvalue weighted by Gasteiger charge is -2.26. The zero-order valence-electron chi connectivity index (χ0n) is 24.7. The smallest absolute Gasteiger partial charge is 0.407 e. The Morgan fingerprint density at radius 3 is 2.40 bits per heavy atom. The summed E-state index contributed by atoms with van der Waals surface area (Å²) in [6, 6.07) is 15.2. The van der Waals surface area contributed by atoms with Crippen LogP contribution >= 0.6 is 0 Å². The van der Waals surface area contributed by atoms with Gasteiger partial charge in [0.05, 0.1) is 25.9 Å². The molecule has 0 aromatic heterocycles. The van der Waals surface area contributed by atoms with Gasteiger partial charge in [-0.15, -0.1) is 0 Å². The number of benzene rings is 2. The van der Waals surface area contributed by atoms with Crippen molar-refractivity contribution in [3.05, 3.63) is 83.4 Å². The minimum atomic E-state index is -0.833. The number of alkyl carbamates (subject to hydrolysis) is 1. The Bertz CT molecular complexity index is 1200. The minimum Gasteiger partial charge on any atom is -0.463 e. The van der Waals surface area contributed by atoms with Crippen LogP contribution in [0.25, 0.3) is 0 Å². The van der Waals surface area contributed by atoms with E-state index in [1.165, 1.54) is 6.08 Å². The lowest BCUT2D eigenvalue weighted by molar-refractivity contribution is -0.137. The van der Waals surface area contributed by atoms with Crippen LogP contribution < -0.4 is 16.4 Å². The van der Waals surface area contributed by atoms with Crippen molar-refractivity contribution >= 4 is 23.9 Å². The Balaban J connectivity index is 1.45. The predicted octanol–water partition coefficient (Wildman–Crippen LogP) is 2.73. The number of hydrogen-bond acceptors (Lipinski definition) is 8. The summed E-state index contributed by atoms with van der Waals surface area (Å²) in [5.41, 5.74) is 8.52. The molecular formula is C32H42N4O7. The van der Waals surface area contributed by atoms with Gasteiger partial charge in [0.2, 0.25) is 5.91 Å². The van der Waals surface area contributed by atoms with E-state index >= 15 is 0 Å². The van der Waals surface area contributed by atoms with Crippen molar-refractivity contribution in [3.8, 4) is 0 Å². The van der Waals surface area contributed by atoms with E-state index in [0.29, 0.717) is 57.7 Å². The van der Waals surface area contributed by atoms with Gasteiger partial charge in [0.25, 0.3) is 5.91 Å². The van der Waals surface area contributed by atoms with E-state index in [9.17, 15) is 19.2 Å². The molecule has 1 heterocycles. The molecule has 1 aliphatic rings. The maximum absolute atomic E-state index is 12.9. The highest BCUT2D eigenvalue weighted by atomic mass is 16.5. The van der Waals surface area contributed by atoms with Crippen LogP contribution in [0.2, 0.25) is 0 Å². The number of amides is 3. The van der Waals surface area contributed by atoms with Gasteiger partial charge in [-0.3, -0.25) is 9.59 Å². The molecule has 4 N–H and O–H groups in total. The van der Waals surface area contributed by atoms with Crippen LogP contribution in [0.1, 0.15) is 47.7 Å². The standard InChI is InChI=1S/C32H42N4O7/c1-2-42-29(37)16-15-27(10-6-7-17-34-32(40)43-23-25-8-4-3-5-9-25)35-30(38)28(33)22-24-11-13-26(14-12-24)31(39)36-18-20-41-21-19-36/h3-5,8-9,11-16,27-28H,2,6-7,10,17-23,33H2,1H3,(H,34,40)(H,35,38)/b16-15+/t27-,28-/m0/s1. The van der Waals surface area contributed by atoms with Crippen LogP contribution in [0.4, 0.5) is 4.79 Å². The maximum atomic E-state index is 12.9. The Morgan fingerprint density at radius 1 is 0.977 bits per heavy atom. The van der Waals surface area contributed by atoms with Gasteiger partial charge in [-0.2, -0.15) is 0 Å². The fraction of sp³-hybridized carbons (Fsp3) is 0.438. The SMILES string of the molecule is CCOC(=O)/C=C/[C@H](CCCCNC(=O)OCc1ccccc1)NC(=O)[C@@H](N)Cc1ccc(C(=O)N2CCOCC2)cc1. The molecule has 3 amide bonds. The molecule has 1 saturated heterocycles. The van der Waals surface area contributed by atoms with Gasteiger partial charge in [0, 0.05) is 37.3 Å². The summed E-state index contributed by atoms with van der Waals surface area (Å²) < 4.78 is 15.5. The largest absolute Gasteiger partial charge is 0.463 e. The number of nitrogens with zero attached hydrogens (tertiary/aromatic N) is 1. The van der Waals surface area contributed by atoms with E-state index in [4.69, 9.17) is 19.9 Å². The number of ether oxygens (including phenoxy) is 3. The Labute approximate surface area is 252 Å². The molecule has 232 valence electrons. The van der Waals surface area contributed by atoms with Crippen LogP contribution in [0.3, 0.4) is 0 Å². The molecule has 0 saturated carbocycles. The van der Waals surface area contributed by atoms with Gasteiger partial charge in [0.15, 0.2) is 0 Å². The second kappa shape index (κ2) is 18.3. The normalized spacial score (nSPS) is 14.5. The Morgan fingerprint density at radius 2 is 1.70 bits per heavy atom. The molecule has 0 radical (unpaired) electrons. The first kappa shape index (κ1) is 33.3. The van der Waals surface area contributed by atoms with E-state index in [1.54, 1.807) is 42.2 Å². The van der Waals surface area contributed by atoms with Crippen molar-refractivity contribution in [3.63, 3.8) is 0 Å². The van der Waals surface area contributed by atoms with Crippen LogP contribution in [-0.2, 0) is 36.8 Å². The molecule has 2 atom stereocenters. The minimum absolute atomic E-state index is 0.0487. The second-order valence-electron chi connectivity index (χ2n) is 10.1. The topological polar surface area (TPSA) is 149 Å². The molecule has 43 heavy (non-hydrogen) atoms. The number of carbonyl (C=O) groups excluding carboxylic acids is 4. The number of nitrogens with two attached hydrogens (primary N) is 1. The molecule has 1 aliphatic heterocycles. The summed E-state index contributed by atoms with van der Waals surface area (Å²) in [5, 5.41) is 5.62. The van der Waals surface area contributed by atoms with Crippen molar-refractivity contribution in [2.24, 2.45) is 5.73 Å². The summed E-state index contributed by atoms with van der Waals surface area (Å²) in [6.45, 7) is 4.75. The number of unbranched alkanes of at least 4 members (excludes halogenated alkanes) is 1. The van der Waals surface area contributed by atoms with Gasteiger partial charge in [-0.1, -0.05) is 48.5 Å². The maximum Gasteiger partial charge on any atom is 0.407 e. The van der Waals surface area contributed by atoms with E-state index in [2.05, 4.69) is 10.6 Å². The van der Waals surface area contributed by atoms with Crippen molar-refractivity contribution in [2.75, 3.05) is 39.5 Å². The second-order valence-corrected chi connectivity index (χ2v) is 10.1. The lowest BCUT2D eigenvalue weighted by atomic mass is 10.0. The van der Waals surface area contributed by atoms with E-state index < -0.39 is 24.1 Å². The first-order valence-corrected chi connectivity index (χ1v) is 14.7. The molecule has 0 unspecified atom stereocenters. The van der Waals surface area contributed by atoms with Gasteiger partial charge in [-0.25, -0.2) is 9.59 Å². The zero-order valence-corrected chi connectivity index (χ0v) is 24.7. The molecular weight excluding hydrogens is 552 g/mol. The van der Waals surface area contributed by atoms with Gasteiger partial charge < -0.3 is 35.5 Å². The molecule has 2 aromatic carbocycles. The molecule has 0 bridgehead atoms. The highest BCUT2D eigenvalue weighted by molar-refractivity contribution is 5.94. The van der Waals surface area contributed by atoms with Crippen LogP contribution in [0, 0.1) is 0 Å².